The maximum atomic E-state index is 4.83. The molecule has 1 saturated heterocycles. The van der Waals surface area contributed by atoms with Crippen LogP contribution in [-0.4, -0.2) is 44.2 Å². The molecule has 1 fully saturated rings. The monoisotopic (exact) mass is 341 g/mol. The number of nitrogens with zero attached hydrogens (tertiary/aromatic N) is 5. The van der Waals surface area contributed by atoms with Crippen LogP contribution in [0.1, 0.15) is 41.9 Å². The SMILES string of the molecule is CSc1ncc(CN2CCCC3(CCc4cnc(C)nc43)C2)cn1. The number of rotatable bonds is 3. The van der Waals surface area contributed by atoms with Crippen LogP contribution in [0.4, 0.5) is 0 Å². The third-order valence-electron chi connectivity index (χ3n) is 5.29. The largest absolute Gasteiger partial charge is 0.298 e. The summed E-state index contributed by atoms with van der Waals surface area (Å²) >= 11 is 1.58. The minimum atomic E-state index is 0.224. The van der Waals surface area contributed by atoms with Crippen LogP contribution in [0.3, 0.4) is 0 Å². The molecule has 1 spiro atoms. The molecule has 0 bridgehead atoms. The third kappa shape index (κ3) is 2.93. The van der Waals surface area contributed by atoms with E-state index < -0.39 is 0 Å². The summed E-state index contributed by atoms with van der Waals surface area (Å²) in [4.78, 5) is 20.6. The fraction of sp³-hybridized carbons (Fsp3) is 0.556. The van der Waals surface area contributed by atoms with E-state index in [0.717, 1.165) is 37.0 Å². The molecular weight excluding hydrogens is 318 g/mol. The lowest BCUT2D eigenvalue weighted by Gasteiger charge is -2.40. The minimum absolute atomic E-state index is 0.224. The van der Waals surface area contributed by atoms with Crippen molar-refractivity contribution in [3.63, 3.8) is 0 Å². The van der Waals surface area contributed by atoms with Gasteiger partial charge >= 0.3 is 0 Å². The van der Waals surface area contributed by atoms with Crippen LogP contribution in [0.2, 0.25) is 0 Å². The summed E-state index contributed by atoms with van der Waals surface area (Å²) in [6.45, 7) is 5.15. The number of fused-ring (bicyclic) bond motifs is 2. The van der Waals surface area contributed by atoms with Gasteiger partial charge in [0.2, 0.25) is 0 Å². The van der Waals surface area contributed by atoms with E-state index in [1.807, 2.05) is 31.8 Å². The van der Waals surface area contributed by atoms with Gasteiger partial charge in [0.1, 0.15) is 5.82 Å². The second-order valence-corrected chi connectivity index (χ2v) is 7.74. The number of aromatic nitrogens is 4. The molecule has 5 nitrogen and oxygen atoms in total. The first-order valence-corrected chi connectivity index (χ1v) is 9.81. The molecule has 24 heavy (non-hydrogen) atoms. The zero-order valence-corrected chi connectivity index (χ0v) is 15.1. The van der Waals surface area contributed by atoms with Gasteiger partial charge in [-0.15, -0.1) is 0 Å². The molecule has 4 rings (SSSR count). The Bertz CT molecular complexity index is 729. The van der Waals surface area contributed by atoms with Crippen molar-refractivity contribution in [2.75, 3.05) is 19.3 Å². The Kier molecular flexibility index (Phi) is 4.26. The molecule has 126 valence electrons. The second kappa shape index (κ2) is 6.41. The first-order valence-electron chi connectivity index (χ1n) is 8.59. The highest BCUT2D eigenvalue weighted by molar-refractivity contribution is 7.98. The second-order valence-electron chi connectivity index (χ2n) is 6.96. The van der Waals surface area contributed by atoms with Crippen LogP contribution in [0.5, 0.6) is 0 Å². The van der Waals surface area contributed by atoms with Crippen molar-refractivity contribution in [3.8, 4) is 0 Å². The lowest BCUT2D eigenvalue weighted by Crippen LogP contribution is -2.45. The van der Waals surface area contributed by atoms with E-state index in [4.69, 9.17) is 4.98 Å². The maximum absolute atomic E-state index is 4.83. The molecule has 0 N–H and O–H groups in total. The van der Waals surface area contributed by atoms with Gasteiger partial charge in [0, 0.05) is 42.7 Å². The summed E-state index contributed by atoms with van der Waals surface area (Å²) < 4.78 is 0. The van der Waals surface area contributed by atoms with E-state index in [1.54, 1.807) is 11.8 Å². The zero-order chi connectivity index (χ0) is 16.6. The van der Waals surface area contributed by atoms with Crippen LogP contribution in [0.15, 0.2) is 23.7 Å². The van der Waals surface area contributed by atoms with E-state index in [0.29, 0.717) is 0 Å². The third-order valence-corrected chi connectivity index (χ3v) is 5.86. The van der Waals surface area contributed by atoms with E-state index >= 15 is 0 Å². The Morgan fingerprint density at radius 3 is 2.79 bits per heavy atom. The average Bonchev–Trinajstić information content (AvgIpc) is 2.93. The highest BCUT2D eigenvalue weighted by atomic mass is 32.2. The van der Waals surface area contributed by atoms with Crippen LogP contribution in [0.25, 0.3) is 0 Å². The normalized spacial score (nSPS) is 23.6. The quantitative estimate of drug-likeness (QED) is 0.632. The van der Waals surface area contributed by atoms with Crippen LogP contribution < -0.4 is 0 Å². The molecule has 1 aliphatic carbocycles. The standard InChI is InChI=1S/C18H23N5S/c1-13-19-10-15-4-6-18(16(15)22-13)5-3-7-23(12-18)11-14-8-20-17(24-2)21-9-14/h8-10H,3-7,11-12H2,1-2H3. The first kappa shape index (κ1) is 16.0. The molecule has 1 unspecified atom stereocenters. The van der Waals surface area contributed by atoms with E-state index in [9.17, 15) is 0 Å². The molecule has 1 atom stereocenters. The molecule has 0 aromatic carbocycles. The Balaban J connectivity index is 1.53. The lowest BCUT2D eigenvalue weighted by molar-refractivity contribution is 0.136. The molecule has 0 amide bonds. The van der Waals surface area contributed by atoms with Gasteiger partial charge < -0.3 is 0 Å². The van der Waals surface area contributed by atoms with Crippen LogP contribution >= 0.6 is 11.8 Å². The predicted molar refractivity (Wildman–Crippen MR) is 95.1 cm³/mol. The smallest absolute Gasteiger partial charge is 0.187 e. The molecule has 0 radical (unpaired) electrons. The molecule has 3 heterocycles. The van der Waals surface area contributed by atoms with Gasteiger partial charge in [-0.25, -0.2) is 19.9 Å². The van der Waals surface area contributed by atoms with Crippen molar-refractivity contribution in [1.82, 2.24) is 24.8 Å². The highest BCUT2D eigenvalue weighted by Gasteiger charge is 2.43. The van der Waals surface area contributed by atoms with Crippen LogP contribution in [0, 0.1) is 6.92 Å². The summed E-state index contributed by atoms with van der Waals surface area (Å²) in [5, 5.41) is 0.839. The van der Waals surface area contributed by atoms with Crippen molar-refractivity contribution < 1.29 is 0 Å². The molecular formula is C18H23N5S. The lowest BCUT2D eigenvalue weighted by atomic mass is 9.77. The van der Waals surface area contributed by atoms with Gasteiger partial charge in [0.25, 0.3) is 0 Å². The number of aryl methyl sites for hydroxylation is 2. The fourth-order valence-electron chi connectivity index (χ4n) is 4.18. The topological polar surface area (TPSA) is 54.8 Å². The summed E-state index contributed by atoms with van der Waals surface area (Å²) in [6, 6.07) is 0. The zero-order valence-electron chi connectivity index (χ0n) is 14.3. The maximum Gasteiger partial charge on any atom is 0.187 e. The number of piperidine rings is 1. The Labute approximate surface area is 147 Å². The minimum Gasteiger partial charge on any atom is -0.298 e. The number of hydrogen-bond acceptors (Lipinski definition) is 6. The van der Waals surface area contributed by atoms with Crippen LogP contribution in [-0.2, 0) is 18.4 Å². The van der Waals surface area contributed by atoms with E-state index in [-0.39, 0.29) is 5.41 Å². The molecule has 2 aromatic heterocycles. The van der Waals surface area contributed by atoms with Gasteiger partial charge in [0.15, 0.2) is 5.16 Å². The van der Waals surface area contributed by atoms with E-state index in [1.165, 1.54) is 36.1 Å². The Morgan fingerprint density at radius 2 is 2.00 bits per heavy atom. The van der Waals surface area contributed by atoms with Gasteiger partial charge in [0.05, 0.1) is 5.69 Å². The molecule has 1 aliphatic heterocycles. The fourth-order valence-corrected chi connectivity index (χ4v) is 4.49. The molecule has 2 aliphatic rings. The highest BCUT2D eigenvalue weighted by Crippen LogP contribution is 2.44. The first-order chi connectivity index (χ1) is 11.7. The van der Waals surface area contributed by atoms with Gasteiger partial charge in [-0.1, -0.05) is 11.8 Å². The summed E-state index contributed by atoms with van der Waals surface area (Å²) in [6.07, 6.45) is 12.8. The predicted octanol–water partition coefficient (Wildman–Crippen LogP) is 2.78. The number of thioether (sulfide) groups is 1. The average molecular weight is 341 g/mol. The molecule has 0 saturated carbocycles. The summed E-state index contributed by atoms with van der Waals surface area (Å²) in [5.74, 6) is 0.896. The van der Waals surface area contributed by atoms with Gasteiger partial charge in [-0.05, 0) is 51.0 Å². The van der Waals surface area contributed by atoms with Crippen molar-refractivity contribution >= 4 is 11.8 Å². The van der Waals surface area contributed by atoms with Crippen molar-refractivity contribution in [2.24, 2.45) is 0 Å². The Hall–Kier alpha value is -1.53. The van der Waals surface area contributed by atoms with Gasteiger partial charge in [-0.2, -0.15) is 0 Å². The summed E-state index contributed by atoms with van der Waals surface area (Å²) in [7, 11) is 0. The Morgan fingerprint density at radius 1 is 1.17 bits per heavy atom. The molecule has 2 aromatic rings. The number of likely N-dealkylation sites (tertiary alicyclic amines) is 1. The number of hydrogen-bond donors (Lipinski definition) is 0. The van der Waals surface area contributed by atoms with Gasteiger partial charge in [-0.3, -0.25) is 4.90 Å². The summed E-state index contributed by atoms with van der Waals surface area (Å²) in [5.41, 5.74) is 4.09. The van der Waals surface area contributed by atoms with Crippen molar-refractivity contribution in [1.29, 1.82) is 0 Å². The van der Waals surface area contributed by atoms with Crippen molar-refractivity contribution in [3.05, 3.63) is 41.2 Å². The van der Waals surface area contributed by atoms with E-state index in [2.05, 4.69) is 19.9 Å². The van der Waals surface area contributed by atoms with Crippen molar-refractivity contribution in [2.45, 2.75) is 49.7 Å². The molecule has 6 heteroatoms.